The van der Waals surface area contributed by atoms with Crippen LogP contribution in [0.3, 0.4) is 0 Å². The van der Waals surface area contributed by atoms with E-state index in [1.807, 2.05) is 11.6 Å². The fourth-order valence-electron chi connectivity index (χ4n) is 3.78. The highest BCUT2D eigenvalue weighted by Gasteiger charge is 2.32. The Morgan fingerprint density at radius 2 is 2.11 bits per heavy atom. The maximum Gasteiger partial charge on any atom is 0.335 e. The Morgan fingerprint density at radius 1 is 1.30 bits per heavy atom. The summed E-state index contributed by atoms with van der Waals surface area (Å²) in [6.07, 6.45) is 6.18. The minimum absolute atomic E-state index is 0.0965. The molecule has 10 nitrogen and oxygen atoms in total. The van der Waals surface area contributed by atoms with E-state index in [4.69, 9.17) is 4.74 Å². The number of ether oxygens (including phenoxy) is 1. The molecular formula is C16H22N6O4S. The van der Waals surface area contributed by atoms with Gasteiger partial charge in [0, 0.05) is 24.6 Å². The number of hydrogen-bond acceptors (Lipinski definition) is 7. The molecule has 2 N–H and O–H groups in total. The smallest absolute Gasteiger partial charge is 0.335 e. The molecule has 2 atom stereocenters. The lowest BCUT2D eigenvalue weighted by atomic mass is 9.81. The number of aryl methyl sites for hydroxylation is 1. The fraction of sp³-hybridized carbons (Fsp3) is 0.625. The van der Waals surface area contributed by atoms with Crippen molar-refractivity contribution in [2.45, 2.75) is 56.5 Å². The van der Waals surface area contributed by atoms with Crippen molar-refractivity contribution in [3.8, 4) is 5.88 Å². The van der Waals surface area contributed by atoms with Crippen molar-refractivity contribution in [3.05, 3.63) is 6.20 Å². The minimum Gasteiger partial charge on any atom is -0.477 e. The molecule has 2 unspecified atom stereocenters. The third-order valence-electron chi connectivity index (χ3n) is 5.09. The fourth-order valence-corrected chi connectivity index (χ4v) is 4.77. The van der Waals surface area contributed by atoms with Crippen molar-refractivity contribution in [1.29, 1.82) is 0 Å². The van der Waals surface area contributed by atoms with E-state index in [2.05, 4.69) is 20.4 Å². The first-order valence-corrected chi connectivity index (χ1v) is 10.6. The summed E-state index contributed by atoms with van der Waals surface area (Å²) in [5.41, 5.74) is 0.923. The van der Waals surface area contributed by atoms with Crippen LogP contribution in [-0.2, 0) is 16.6 Å². The summed E-state index contributed by atoms with van der Waals surface area (Å²) in [6, 6.07) is -0.811. The Balaban J connectivity index is 1.46. The Kier molecular flexibility index (Phi) is 4.62. The molecule has 0 bridgehead atoms. The zero-order valence-corrected chi connectivity index (χ0v) is 15.8. The van der Waals surface area contributed by atoms with Gasteiger partial charge in [-0.25, -0.2) is 32.6 Å². The number of aromatic nitrogens is 2. The molecule has 1 saturated carbocycles. The first-order valence-electron chi connectivity index (χ1n) is 9.09. The number of urea groups is 1. The molecule has 1 aliphatic carbocycles. The molecule has 1 aromatic rings. The SMILES string of the molecule is CC1=NC(NC(=O)NS(=O)(=O)c2cnn3c2OCCC3)=NC2CCCCC12. The van der Waals surface area contributed by atoms with Crippen molar-refractivity contribution in [2.75, 3.05) is 6.61 Å². The Bertz CT molecular complexity index is 919. The lowest BCUT2D eigenvalue weighted by molar-refractivity contribution is 0.224. The van der Waals surface area contributed by atoms with Crippen LogP contribution in [0.25, 0.3) is 0 Å². The van der Waals surface area contributed by atoms with Crippen molar-refractivity contribution in [3.63, 3.8) is 0 Å². The van der Waals surface area contributed by atoms with Crippen LogP contribution in [0.2, 0.25) is 0 Å². The van der Waals surface area contributed by atoms with E-state index in [1.165, 1.54) is 10.9 Å². The number of nitrogens with zero attached hydrogens (tertiary/aromatic N) is 4. The van der Waals surface area contributed by atoms with Gasteiger partial charge in [-0.3, -0.25) is 5.32 Å². The number of hydrogen-bond donors (Lipinski definition) is 2. The zero-order chi connectivity index (χ0) is 19.0. The summed E-state index contributed by atoms with van der Waals surface area (Å²) in [6.45, 7) is 2.91. The van der Waals surface area contributed by atoms with Gasteiger partial charge in [-0.05, 0) is 19.8 Å². The molecule has 2 aliphatic heterocycles. The van der Waals surface area contributed by atoms with E-state index in [0.717, 1.165) is 37.8 Å². The van der Waals surface area contributed by atoms with Crippen molar-refractivity contribution >= 4 is 27.7 Å². The molecule has 11 heteroatoms. The van der Waals surface area contributed by atoms with E-state index in [1.54, 1.807) is 0 Å². The van der Waals surface area contributed by atoms with E-state index in [0.29, 0.717) is 19.1 Å². The summed E-state index contributed by atoms with van der Waals surface area (Å²) >= 11 is 0. The molecule has 1 fully saturated rings. The highest BCUT2D eigenvalue weighted by atomic mass is 32.2. The van der Waals surface area contributed by atoms with Gasteiger partial charge in [-0.15, -0.1) is 0 Å². The molecule has 146 valence electrons. The van der Waals surface area contributed by atoms with Gasteiger partial charge in [0.1, 0.15) is 0 Å². The summed E-state index contributed by atoms with van der Waals surface area (Å²) in [4.78, 5) is 20.9. The van der Waals surface area contributed by atoms with Crippen LogP contribution in [0, 0.1) is 5.92 Å². The van der Waals surface area contributed by atoms with Crippen LogP contribution < -0.4 is 14.8 Å². The van der Waals surface area contributed by atoms with Crippen LogP contribution in [0.1, 0.15) is 39.0 Å². The molecule has 27 heavy (non-hydrogen) atoms. The number of aliphatic imine (C=N–C) groups is 2. The number of rotatable bonds is 2. The second kappa shape index (κ2) is 6.95. The van der Waals surface area contributed by atoms with Crippen molar-refractivity contribution < 1.29 is 17.9 Å². The Labute approximate surface area is 157 Å². The van der Waals surface area contributed by atoms with E-state index >= 15 is 0 Å². The van der Waals surface area contributed by atoms with Gasteiger partial charge in [0.2, 0.25) is 11.8 Å². The van der Waals surface area contributed by atoms with E-state index in [9.17, 15) is 13.2 Å². The van der Waals surface area contributed by atoms with Gasteiger partial charge in [-0.2, -0.15) is 5.10 Å². The average molecular weight is 394 g/mol. The number of sulfonamides is 1. The number of carbonyl (C=O) groups excluding carboxylic acids is 1. The van der Waals surface area contributed by atoms with Crippen LogP contribution in [0.4, 0.5) is 4.79 Å². The Morgan fingerprint density at radius 3 is 2.96 bits per heavy atom. The van der Waals surface area contributed by atoms with Crippen LogP contribution in [0.15, 0.2) is 21.1 Å². The molecule has 0 spiro atoms. The maximum absolute atomic E-state index is 12.5. The second-order valence-electron chi connectivity index (χ2n) is 6.96. The minimum atomic E-state index is -4.12. The number of amides is 2. The number of guanidine groups is 1. The third-order valence-corrected chi connectivity index (χ3v) is 6.40. The summed E-state index contributed by atoms with van der Waals surface area (Å²) in [7, 11) is -4.12. The van der Waals surface area contributed by atoms with Crippen LogP contribution >= 0.6 is 0 Å². The topological polar surface area (TPSA) is 127 Å². The van der Waals surface area contributed by atoms with Crippen LogP contribution in [-0.4, -0.2) is 48.5 Å². The molecule has 3 heterocycles. The number of nitrogens with one attached hydrogen (secondary N) is 2. The predicted octanol–water partition coefficient (Wildman–Crippen LogP) is 1.04. The van der Waals surface area contributed by atoms with Gasteiger partial charge in [-0.1, -0.05) is 12.8 Å². The molecule has 0 aromatic carbocycles. The van der Waals surface area contributed by atoms with E-state index < -0.39 is 16.1 Å². The van der Waals surface area contributed by atoms with Crippen LogP contribution in [0.5, 0.6) is 5.88 Å². The third kappa shape index (κ3) is 3.55. The first-order chi connectivity index (χ1) is 12.9. The Hall–Kier alpha value is -2.43. The molecule has 2 amide bonds. The van der Waals surface area contributed by atoms with Gasteiger partial charge in [0.25, 0.3) is 10.0 Å². The standard InChI is InChI=1S/C16H22N6O4S/c1-10-11-5-2-3-6-12(11)19-15(18-10)20-16(23)21-27(24,25)13-9-17-22-7-4-8-26-14(13)22/h9,11-12H,2-8H2,1H3,(H2,19,20,21,23). The molecular weight excluding hydrogens is 372 g/mol. The van der Waals surface area contributed by atoms with Crippen molar-refractivity contribution in [1.82, 2.24) is 19.8 Å². The summed E-state index contributed by atoms with van der Waals surface area (Å²) in [5.74, 6) is 0.610. The maximum atomic E-state index is 12.5. The first kappa shape index (κ1) is 18.0. The highest BCUT2D eigenvalue weighted by molar-refractivity contribution is 7.90. The quantitative estimate of drug-likeness (QED) is 0.775. The second-order valence-corrected chi connectivity index (χ2v) is 8.61. The van der Waals surface area contributed by atoms with Crippen molar-refractivity contribution in [2.24, 2.45) is 15.9 Å². The zero-order valence-electron chi connectivity index (χ0n) is 15.0. The predicted molar refractivity (Wildman–Crippen MR) is 97.5 cm³/mol. The molecule has 0 radical (unpaired) electrons. The highest BCUT2D eigenvalue weighted by Crippen LogP contribution is 2.30. The molecule has 4 rings (SSSR count). The molecule has 1 aromatic heterocycles. The molecule has 3 aliphatic rings. The van der Waals surface area contributed by atoms with Gasteiger partial charge >= 0.3 is 6.03 Å². The average Bonchev–Trinajstić information content (AvgIpc) is 3.06. The lowest BCUT2D eigenvalue weighted by Gasteiger charge is -2.31. The largest absolute Gasteiger partial charge is 0.477 e. The number of fused-ring (bicyclic) bond motifs is 2. The molecule has 0 saturated heterocycles. The normalized spacial score (nSPS) is 24.6. The summed E-state index contributed by atoms with van der Waals surface area (Å²) < 4.78 is 33.9. The monoisotopic (exact) mass is 394 g/mol. The van der Waals surface area contributed by atoms with Gasteiger partial charge in [0.15, 0.2) is 4.90 Å². The summed E-state index contributed by atoms with van der Waals surface area (Å²) in [5, 5.41) is 6.44. The lowest BCUT2D eigenvalue weighted by Crippen LogP contribution is -2.45. The van der Waals surface area contributed by atoms with Gasteiger partial charge < -0.3 is 4.74 Å². The van der Waals surface area contributed by atoms with E-state index in [-0.39, 0.29) is 22.8 Å². The number of carbonyl (C=O) groups is 1. The van der Waals surface area contributed by atoms with Gasteiger partial charge in [0.05, 0.1) is 18.8 Å².